The molecule has 4 aliphatic carbocycles. The van der Waals surface area contributed by atoms with Gasteiger partial charge in [-0.15, -0.1) is 0 Å². The van der Waals surface area contributed by atoms with Gasteiger partial charge in [-0.3, -0.25) is 4.79 Å². The molecule has 3 nitrogen and oxygen atoms in total. The van der Waals surface area contributed by atoms with Crippen LogP contribution in [0.4, 0.5) is 0 Å². The predicted octanol–water partition coefficient (Wildman–Crippen LogP) is 7.93. The number of hydrogen-bond donors (Lipinski definition) is 1. The third-order valence-corrected chi connectivity index (χ3v) is 11.2. The molecular formula is C30H45NO2. The molecule has 4 rings (SSSR count). The average Bonchev–Trinajstić information content (AvgIpc) is 2.75. The van der Waals surface area contributed by atoms with E-state index < -0.39 is 0 Å². The minimum absolute atomic E-state index is 0.0330. The molecule has 2 saturated carbocycles. The molecular weight excluding hydrogens is 406 g/mol. The van der Waals surface area contributed by atoms with Crippen molar-refractivity contribution in [2.24, 2.45) is 45.3 Å². The van der Waals surface area contributed by atoms with Gasteiger partial charge in [0.1, 0.15) is 5.76 Å². The molecule has 182 valence electrons. The van der Waals surface area contributed by atoms with Gasteiger partial charge in [0.15, 0.2) is 5.78 Å². The molecule has 0 radical (unpaired) electrons. The van der Waals surface area contributed by atoms with Crippen LogP contribution < -0.4 is 0 Å². The lowest BCUT2D eigenvalue weighted by Gasteiger charge is -2.64. The molecule has 1 N–H and O–H groups in total. The van der Waals surface area contributed by atoms with Crippen LogP contribution in [-0.2, 0) is 4.79 Å². The highest BCUT2D eigenvalue weighted by molar-refractivity contribution is 5.95. The van der Waals surface area contributed by atoms with Gasteiger partial charge >= 0.3 is 0 Å². The van der Waals surface area contributed by atoms with Crippen LogP contribution in [0.15, 0.2) is 23.0 Å². The lowest BCUT2D eigenvalue weighted by Crippen LogP contribution is -2.58. The molecule has 33 heavy (non-hydrogen) atoms. The summed E-state index contributed by atoms with van der Waals surface area (Å²) in [6.45, 7) is 16.4. The van der Waals surface area contributed by atoms with Gasteiger partial charge in [-0.25, -0.2) is 0 Å². The Hall–Kier alpha value is -1.56. The van der Waals surface area contributed by atoms with E-state index in [1.807, 2.05) is 6.08 Å². The summed E-state index contributed by atoms with van der Waals surface area (Å²) in [5.74, 6) is 1.61. The molecule has 0 aromatic rings. The number of nitriles is 1. The van der Waals surface area contributed by atoms with E-state index >= 15 is 0 Å². The van der Waals surface area contributed by atoms with Crippen molar-refractivity contribution in [2.75, 3.05) is 0 Å². The first-order valence-electron chi connectivity index (χ1n) is 13.4. The zero-order valence-corrected chi connectivity index (χ0v) is 22.1. The fourth-order valence-electron chi connectivity index (χ4n) is 8.53. The van der Waals surface area contributed by atoms with Crippen LogP contribution in [0, 0.1) is 56.7 Å². The van der Waals surface area contributed by atoms with Gasteiger partial charge in [0.05, 0.1) is 11.6 Å². The first kappa shape index (κ1) is 24.6. The van der Waals surface area contributed by atoms with Crippen molar-refractivity contribution in [3.8, 4) is 6.07 Å². The number of carbonyl (C=O) groups excluding carboxylic acids is 1. The van der Waals surface area contributed by atoms with Gasteiger partial charge in [0, 0.05) is 11.8 Å². The van der Waals surface area contributed by atoms with Crippen LogP contribution in [0.1, 0.15) is 106 Å². The Bertz CT molecular complexity index is 935. The Kier molecular flexibility index (Phi) is 5.95. The first-order chi connectivity index (χ1) is 15.3. The molecule has 0 aliphatic heterocycles. The Morgan fingerprint density at radius 2 is 1.61 bits per heavy atom. The second kappa shape index (κ2) is 8.00. The van der Waals surface area contributed by atoms with Crippen molar-refractivity contribution in [3.05, 3.63) is 23.0 Å². The summed E-state index contributed by atoms with van der Waals surface area (Å²) in [6, 6.07) is 2.29. The number of aliphatic hydroxyl groups excluding tert-OH is 1. The number of ketones is 1. The molecule has 0 saturated heterocycles. The van der Waals surface area contributed by atoms with E-state index in [0.717, 1.165) is 32.1 Å². The fourth-order valence-corrected chi connectivity index (χ4v) is 8.53. The fraction of sp³-hybridized carbons (Fsp3) is 0.800. The number of nitrogens with zero attached hydrogens (tertiary/aromatic N) is 1. The minimum Gasteiger partial charge on any atom is -0.511 e. The van der Waals surface area contributed by atoms with Crippen LogP contribution >= 0.6 is 0 Å². The van der Waals surface area contributed by atoms with Crippen molar-refractivity contribution >= 4 is 5.78 Å². The lowest BCUT2D eigenvalue weighted by molar-refractivity contribution is -0.135. The molecule has 3 heteroatoms. The number of fused-ring (bicyclic) bond motifs is 5. The maximum absolute atomic E-state index is 13.9. The zero-order valence-electron chi connectivity index (χ0n) is 22.1. The number of allylic oxidation sites excluding steroid dienone is 4. The molecule has 4 aliphatic rings. The van der Waals surface area contributed by atoms with Crippen LogP contribution in [0.3, 0.4) is 0 Å². The Morgan fingerprint density at radius 3 is 2.27 bits per heavy atom. The van der Waals surface area contributed by atoms with E-state index in [1.165, 1.54) is 24.8 Å². The average molecular weight is 452 g/mol. The van der Waals surface area contributed by atoms with Crippen LogP contribution in [0.2, 0.25) is 0 Å². The summed E-state index contributed by atoms with van der Waals surface area (Å²) in [5.41, 5.74) is 1.73. The summed E-state index contributed by atoms with van der Waals surface area (Å²) < 4.78 is 0. The SMILES string of the molecule is CC1CCC(C)(C)CCC2C(=O)C=C3[C@@]4(C)CC(C#N)=C(O)[C@@H](C)[C@@H]4CC[C@@]3(C)[C@]2(C)CC1. The summed E-state index contributed by atoms with van der Waals surface area (Å²) in [6.07, 6.45) is 11.6. The first-order valence-corrected chi connectivity index (χ1v) is 13.4. The topological polar surface area (TPSA) is 61.1 Å². The standard InChI is InChI=1S/C30H45NO2/c1-19-8-12-27(3,4)13-10-23-24(32)16-25-28(5)17-21(18-31)26(33)20(2)22(28)11-15-30(25,7)29(23,6)14-9-19/h16,19-20,22-23,33H,8-15,17H2,1-7H3/t19?,20-,22-,23?,28-,29+,30+/m0/s1. The third kappa shape index (κ3) is 3.62. The van der Waals surface area contributed by atoms with Crippen LogP contribution in [0.5, 0.6) is 0 Å². The van der Waals surface area contributed by atoms with E-state index in [1.54, 1.807) is 0 Å². The van der Waals surface area contributed by atoms with Gasteiger partial charge in [-0.05, 0) is 84.5 Å². The highest BCUT2D eigenvalue weighted by atomic mass is 16.3. The molecule has 0 amide bonds. The number of rotatable bonds is 0. The Morgan fingerprint density at radius 1 is 0.970 bits per heavy atom. The minimum atomic E-state index is -0.243. The van der Waals surface area contributed by atoms with Gasteiger partial charge in [-0.2, -0.15) is 5.26 Å². The molecule has 0 aromatic carbocycles. The Balaban J connectivity index is 1.83. The van der Waals surface area contributed by atoms with Gasteiger partial charge in [0.25, 0.3) is 0 Å². The monoisotopic (exact) mass is 451 g/mol. The van der Waals surface area contributed by atoms with Crippen LogP contribution in [0.25, 0.3) is 0 Å². The molecule has 7 atom stereocenters. The maximum Gasteiger partial charge on any atom is 0.159 e. The maximum atomic E-state index is 13.9. The predicted molar refractivity (Wildman–Crippen MR) is 133 cm³/mol. The number of carbonyl (C=O) groups is 1. The number of aliphatic hydroxyl groups is 1. The van der Waals surface area contributed by atoms with Crippen molar-refractivity contribution in [1.29, 1.82) is 5.26 Å². The van der Waals surface area contributed by atoms with E-state index in [9.17, 15) is 15.2 Å². The quantitative estimate of drug-likeness (QED) is 0.407. The van der Waals surface area contributed by atoms with E-state index in [2.05, 4.69) is 54.5 Å². The van der Waals surface area contributed by atoms with Gasteiger partial charge < -0.3 is 5.11 Å². The normalized spacial score (nSPS) is 45.8. The largest absolute Gasteiger partial charge is 0.511 e. The lowest BCUT2D eigenvalue weighted by atomic mass is 9.39. The summed E-state index contributed by atoms with van der Waals surface area (Å²) >= 11 is 0. The molecule has 0 heterocycles. The van der Waals surface area contributed by atoms with Crippen molar-refractivity contribution in [1.82, 2.24) is 0 Å². The molecule has 2 unspecified atom stereocenters. The third-order valence-electron chi connectivity index (χ3n) is 11.2. The van der Waals surface area contributed by atoms with E-state index in [4.69, 9.17) is 0 Å². The van der Waals surface area contributed by atoms with E-state index in [0.29, 0.717) is 23.7 Å². The summed E-state index contributed by atoms with van der Waals surface area (Å²) in [7, 11) is 0. The van der Waals surface area contributed by atoms with Crippen LogP contribution in [-0.4, -0.2) is 10.9 Å². The highest BCUT2D eigenvalue weighted by Gasteiger charge is 2.63. The van der Waals surface area contributed by atoms with Crippen molar-refractivity contribution in [2.45, 2.75) is 106 Å². The molecule has 0 aromatic heterocycles. The number of hydrogen-bond acceptors (Lipinski definition) is 3. The smallest absolute Gasteiger partial charge is 0.159 e. The highest BCUT2D eigenvalue weighted by Crippen LogP contribution is 2.70. The van der Waals surface area contributed by atoms with E-state index in [-0.39, 0.29) is 45.2 Å². The van der Waals surface area contributed by atoms with Gasteiger partial charge in [0.2, 0.25) is 0 Å². The second-order valence-corrected chi connectivity index (χ2v) is 13.7. The molecule has 0 spiro atoms. The Labute approximate surface area is 201 Å². The summed E-state index contributed by atoms with van der Waals surface area (Å²) in [5, 5.41) is 20.5. The molecule has 0 bridgehead atoms. The molecule has 2 fully saturated rings. The second-order valence-electron chi connectivity index (χ2n) is 13.7. The van der Waals surface area contributed by atoms with Gasteiger partial charge in [-0.1, -0.05) is 66.9 Å². The zero-order chi connectivity index (χ0) is 24.4. The summed E-state index contributed by atoms with van der Waals surface area (Å²) in [4.78, 5) is 13.9. The van der Waals surface area contributed by atoms with Crippen molar-refractivity contribution < 1.29 is 9.90 Å². The van der Waals surface area contributed by atoms with Crippen molar-refractivity contribution in [3.63, 3.8) is 0 Å².